The third kappa shape index (κ3) is 4.33. The molecule has 2 aromatic heterocycles. The molecule has 2 heterocycles. The fourth-order valence-corrected chi connectivity index (χ4v) is 6.01. The Hall–Kier alpha value is -3.54. The van der Waals surface area contributed by atoms with Gasteiger partial charge in [0, 0.05) is 23.5 Å². The summed E-state index contributed by atoms with van der Waals surface area (Å²) in [4.78, 5) is 4.38. The molecule has 0 amide bonds. The van der Waals surface area contributed by atoms with E-state index in [0.717, 1.165) is 39.8 Å². The van der Waals surface area contributed by atoms with Gasteiger partial charge in [-0.15, -0.1) is 10.2 Å². The smallest absolute Gasteiger partial charge is 0.206 e. The van der Waals surface area contributed by atoms with E-state index < -0.39 is 0 Å². The highest BCUT2D eigenvalue weighted by molar-refractivity contribution is 5.69. The average Bonchev–Trinajstić information content (AvgIpc) is 3.67. The third-order valence-corrected chi connectivity index (χ3v) is 8.09. The second kappa shape index (κ2) is 9.25. The van der Waals surface area contributed by atoms with E-state index >= 15 is 0 Å². The number of benzene rings is 2. The van der Waals surface area contributed by atoms with E-state index in [1.165, 1.54) is 55.2 Å². The van der Waals surface area contributed by atoms with Gasteiger partial charge < -0.3 is 4.74 Å². The molecule has 1 atom stereocenters. The molecule has 1 fully saturated rings. The normalized spacial score (nSPS) is 17.6. The molecule has 4 aromatic rings. The van der Waals surface area contributed by atoms with Crippen molar-refractivity contribution in [1.29, 1.82) is 0 Å². The van der Waals surface area contributed by atoms with Crippen LogP contribution in [0.1, 0.15) is 53.5 Å². The van der Waals surface area contributed by atoms with Gasteiger partial charge in [-0.1, -0.05) is 43.9 Å². The Balaban J connectivity index is 1.19. The molecular weight excluding hydrogens is 434 g/mol. The molecule has 1 N–H and O–H groups in total. The fraction of sp³-hybridized carbons (Fsp3) is 0.379. The van der Waals surface area contributed by atoms with Crippen LogP contribution in [-0.2, 0) is 19.4 Å². The summed E-state index contributed by atoms with van der Waals surface area (Å²) in [6.07, 6.45) is 11.8. The van der Waals surface area contributed by atoms with E-state index in [0.29, 0.717) is 12.4 Å². The molecule has 35 heavy (non-hydrogen) atoms. The van der Waals surface area contributed by atoms with Gasteiger partial charge in [0.25, 0.3) is 0 Å². The molecule has 1 saturated carbocycles. The maximum absolute atomic E-state index is 6.42. The SMILES string of the molecule is Cc1c(OCc2cccc(-c3cncc(-c4nn[nH]n4)c3)c2)cc2c(c1C)CC(C1CCCC1)C2. The summed E-state index contributed by atoms with van der Waals surface area (Å²) in [7, 11) is 0. The highest BCUT2D eigenvalue weighted by Gasteiger charge is 2.32. The Morgan fingerprint density at radius 2 is 1.77 bits per heavy atom. The summed E-state index contributed by atoms with van der Waals surface area (Å²) in [5.74, 6) is 3.31. The number of aromatic nitrogens is 5. The molecule has 0 aliphatic heterocycles. The number of hydrogen-bond acceptors (Lipinski definition) is 5. The molecule has 6 rings (SSSR count). The van der Waals surface area contributed by atoms with E-state index in [-0.39, 0.29) is 0 Å². The molecule has 6 nitrogen and oxygen atoms in total. The van der Waals surface area contributed by atoms with E-state index in [9.17, 15) is 0 Å². The lowest BCUT2D eigenvalue weighted by Crippen LogP contribution is -2.11. The highest BCUT2D eigenvalue weighted by atomic mass is 16.5. The second-order valence-corrected chi connectivity index (χ2v) is 10.2. The van der Waals surface area contributed by atoms with Crippen LogP contribution in [0.4, 0.5) is 0 Å². The van der Waals surface area contributed by atoms with Gasteiger partial charge in [-0.2, -0.15) is 5.21 Å². The number of H-pyrrole nitrogens is 1. The monoisotopic (exact) mass is 465 g/mol. The van der Waals surface area contributed by atoms with Gasteiger partial charge >= 0.3 is 0 Å². The van der Waals surface area contributed by atoms with Crippen molar-refractivity contribution in [3.63, 3.8) is 0 Å². The maximum Gasteiger partial charge on any atom is 0.206 e. The van der Waals surface area contributed by atoms with Crippen molar-refractivity contribution >= 4 is 0 Å². The Morgan fingerprint density at radius 1 is 0.914 bits per heavy atom. The summed E-state index contributed by atoms with van der Waals surface area (Å²) in [5, 5.41) is 14.3. The first-order valence-electron chi connectivity index (χ1n) is 12.7. The number of rotatable bonds is 6. The maximum atomic E-state index is 6.42. The second-order valence-electron chi connectivity index (χ2n) is 10.2. The standard InChI is InChI=1S/C29H31N5O/c1-18-19(2)28(14-24-11-23(13-27(18)24)21-7-3-4-8-21)35-17-20-6-5-9-22(10-20)25-12-26(16-30-15-25)29-31-33-34-32-29/h5-6,9-10,12,14-16,21,23H,3-4,7-8,11,13,17H2,1-2H3,(H,31,32,33,34). The summed E-state index contributed by atoms with van der Waals surface area (Å²) in [5.41, 5.74) is 9.87. The summed E-state index contributed by atoms with van der Waals surface area (Å²) in [6.45, 7) is 5.03. The van der Waals surface area contributed by atoms with Crippen molar-refractivity contribution < 1.29 is 4.74 Å². The quantitative estimate of drug-likeness (QED) is 0.376. The van der Waals surface area contributed by atoms with Crippen LogP contribution in [0.3, 0.4) is 0 Å². The van der Waals surface area contributed by atoms with Crippen molar-refractivity contribution in [1.82, 2.24) is 25.6 Å². The van der Waals surface area contributed by atoms with Crippen LogP contribution in [0.2, 0.25) is 0 Å². The topological polar surface area (TPSA) is 76.6 Å². The molecule has 6 heteroatoms. The molecule has 0 bridgehead atoms. The number of ether oxygens (including phenoxy) is 1. The molecule has 0 spiro atoms. The largest absolute Gasteiger partial charge is 0.489 e. The average molecular weight is 466 g/mol. The van der Waals surface area contributed by atoms with Crippen molar-refractivity contribution in [3.05, 3.63) is 76.6 Å². The molecule has 178 valence electrons. The zero-order valence-corrected chi connectivity index (χ0v) is 20.4. The van der Waals surface area contributed by atoms with Crippen molar-refractivity contribution in [2.45, 2.75) is 59.0 Å². The lowest BCUT2D eigenvalue weighted by atomic mass is 9.88. The van der Waals surface area contributed by atoms with Gasteiger partial charge in [0.2, 0.25) is 5.82 Å². The Morgan fingerprint density at radius 3 is 2.60 bits per heavy atom. The van der Waals surface area contributed by atoms with E-state index in [1.807, 2.05) is 12.3 Å². The lowest BCUT2D eigenvalue weighted by Gasteiger charge is -2.17. The number of aromatic amines is 1. The fourth-order valence-electron chi connectivity index (χ4n) is 6.01. The first-order chi connectivity index (χ1) is 17.2. The van der Waals surface area contributed by atoms with E-state index in [4.69, 9.17) is 4.74 Å². The molecule has 0 radical (unpaired) electrons. The van der Waals surface area contributed by atoms with Gasteiger partial charge in [0.15, 0.2) is 0 Å². The number of fused-ring (bicyclic) bond motifs is 1. The van der Waals surface area contributed by atoms with Crippen molar-refractivity contribution in [3.8, 4) is 28.3 Å². The predicted molar refractivity (Wildman–Crippen MR) is 136 cm³/mol. The van der Waals surface area contributed by atoms with Crippen LogP contribution in [0.5, 0.6) is 5.75 Å². The summed E-state index contributed by atoms with van der Waals surface area (Å²) >= 11 is 0. The van der Waals surface area contributed by atoms with Crippen molar-refractivity contribution in [2.75, 3.05) is 0 Å². The first kappa shape index (κ1) is 22.0. The van der Waals surface area contributed by atoms with E-state index in [1.54, 1.807) is 11.8 Å². The summed E-state index contributed by atoms with van der Waals surface area (Å²) < 4.78 is 6.42. The number of tetrazole rings is 1. The van der Waals surface area contributed by atoms with Gasteiger partial charge in [0.1, 0.15) is 12.4 Å². The van der Waals surface area contributed by atoms with Crippen LogP contribution in [0.25, 0.3) is 22.5 Å². The number of pyridine rings is 1. The Kier molecular flexibility index (Phi) is 5.80. The Bertz CT molecular complexity index is 1340. The molecule has 2 aromatic carbocycles. The van der Waals surface area contributed by atoms with Crippen LogP contribution in [0, 0.1) is 25.7 Å². The van der Waals surface area contributed by atoms with Crippen molar-refractivity contribution in [2.24, 2.45) is 11.8 Å². The van der Waals surface area contributed by atoms with Crippen LogP contribution in [-0.4, -0.2) is 25.6 Å². The highest BCUT2D eigenvalue weighted by Crippen LogP contribution is 2.43. The minimum atomic E-state index is 0.538. The number of nitrogens with zero attached hydrogens (tertiary/aromatic N) is 4. The molecular formula is C29H31N5O. The number of hydrogen-bond donors (Lipinski definition) is 1. The molecule has 0 saturated heterocycles. The van der Waals surface area contributed by atoms with Gasteiger partial charge in [-0.05, 0) is 95.3 Å². The molecule has 1 unspecified atom stereocenters. The van der Waals surface area contributed by atoms with Gasteiger partial charge in [0.05, 0.1) is 0 Å². The first-order valence-corrected chi connectivity index (χ1v) is 12.7. The summed E-state index contributed by atoms with van der Waals surface area (Å²) in [6, 6.07) is 12.8. The van der Waals surface area contributed by atoms with Gasteiger partial charge in [-0.3, -0.25) is 4.98 Å². The molecule has 2 aliphatic rings. The zero-order valence-electron chi connectivity index (χ0n) is 20.4. The van der Waals surface area contributed by atoms with E-state index in [2.05, 4.69) is 69.8 Å². The molecule has 2 aliphatic carbocycles. The predicted octanol–water partition coefficient (Wildman–Crippen LogP) is 6.03. The van der Waals surface area contributed by atoms with Crippen LogP contribution >= 0.6 is 0 Å². The van der Waals surface area contributed by atoms with Crippen LogP contribution < -0.4 is 4.74 Å². The minimum Gasteiger partial charge on any atom is -0.489 e. The number of nitrogens with one attached hydrogen (secondary N) is 1. The zero-order chi connectivity index (χ0) is 23.8. The third-order valence-electron chi connectivity index (χ3n) is 8.09. The minimum absolute atomic E-state index is 0.538. The lowest BCUT2D eigenvalue weighted by molar-refractivity contribution is 0.303. The van der Waals surface area contributed by atoms with Gasteiger partial charge in [-0.25, -0.2) is 0 Å². The van der Waals surface area contributed by atoms with Crippen LogP contribution in [0.15, 0.2) is 48.8 Å². The Labute approximate surface area is 206 Å².